The van der Waals surface area contributed by atoms with E-state index in [4.69, 9.17) is 0 Å². The van der Waals surface area contributed by atoms with E-state index in [1.54, 1.807) is 0 Å². The van der Waals surface area contributed by atoms with Gasteiger partial charge in [0.2, 0.25) is 0 Å². The normalized spacial score (nSPS) is 10.9. The van der Waals surface area contributed by atoms with Crippen LogP contribution in [0.15, 0.2) is 84.9 Å². The summed E-state index contributed by atoms with van der Waals surface area (Å²) in [5.74, 6) is 0. The first-order valence-electron chi connectivity index (χ1n) is 8.38. The monoisotopic (exact) mass is 308 g/mol. The zero-order valence-electron chi connectivity index (χ0n) is 14.1. The summed E-state index contributed by atoms with van der Waals surface area (Å²) < 4.78 is 0. The average Bonchev–Trinajstić information content (AvgIpc) is 2.62. The lowest BCUT2D eigenvalue weighted by molar-refractivity contribution is 1.46. The molecule has 0 bridgehead atoms. The summed E-state index contributed by atoms with van der Waals surface area (Å²) >= 11 is 0. The maximum Gasteiger partial charge on any atom is -0.00963 e. The van der Waals surface area contributed by atoms with Crippen LogP contribution in [0.25, 0.3) is 33.0 Å². The Balaban J connectivity index is 2.09. The summed E-state index contributed by atoms with van der Waals surface area (Å²) in [4.78, 5) is 0. The molecule has 0 aliphatic rings. The van der Waals surface area contributed by atoms with Crippen molar-refractivity contribution in [2.75, 3.05) is 0 Å². The standard InChI is InChI=1S/C24H20/c1-17-13-21(19-9-5-3-6-10-19)24-16-18(2)14-22(23(24)15-17)20-11-7-4-8-12-20/h3-16H,1-2H3. The largest absolute Gasteiger partial charge is 0.0622 e. The molecule has 116 valence electrons. The van der Waals surface area contributed by atoms with E-state index < -0.39 is 0 Å². The number of hydrogen-bond donors (Lipinski definition) is 0. The van der Waals surface area contributed by atoms with Crippen molar-refractivity contribution in [2.24, 2.45) is 0 Å². The number of hydrogen-bond acceptors (Lipinski definition) is 0. The smallest absolute Gasteiger partial charge is 0.00963 e. The Morgan fingerprint density at radius 3 is 1.21 bits per heavy atom. The van der Waals surface area contributed by atoms with Gasteiger partial charge in [0.15, 0.2) is 0 Å². The second-order valence-electron chi connectivity index (χ2n) is 6.45. The summed E-state index contributed by atoms with van der Waals surface area (Å²) in [5.41, 5.74) is 7.76. The van der Waals surface area contributed by atoms with Crippen LogP contribution in [0.3, 0.4) is 0 Å². The molecule has 0 amide bonds. The lowest BCUT2D eigenvalue weighted by Crippen LogP contribution is -1.89. The van der Waals surface area contributed by atoms with E-state index in [1.807, 2.05) is 0 Å². The van der Waals surface area contributed by atoms with Crippen molar-refractivity contribution >= 4 is 10.8 Å². The predicted molar refractivity (Wildman–Crippen MR) is 104 cm³/mol. The SMILES string of the molecule is Cc1cc(-c2ccccc2)c2cc(C)cc(-c3ccccc3)c2c1. The van der Waals surface area contributed by atoms with Gasteiger partial charge in [-0.15, -0.1) is 0 Å². The van der Waals surface area contributed by atoms with Gasteiger partial charge in [0.05, 0.1) is 0 Å². The van der Waals surface area contributed by atoms with Crippen LogP contribution >= 0.6 is 0 Å². The van der Waals surface area contributed by atoms with E-state index >= 15 is 0 Å². The molecule has 0 N–H and O–H groups in total. The van der Waals surface area contributed by atoms with Gasteiger partial charge in [-0.3, -0.25) is 0 Å². The van der Waals surface area contributed by atoms with Crippen molar-refractivity contribution in [1.29, 1.82) is 0 Å². The Bertz CT molecular complexity index is 912. The fraction of sp³-hybridized carbons (Fsp3) is 0.0833. The Morgan fingerprint density at radius 1 is 0.458 bits per heavy atom. The fourth-order valence-electron chi connectivity index (χ4n) is 3.46. The molecule has 0 aliphatic heterocycles. The van der Waals surface area contributed by atoms with Crippen LogP contribution in [0.4, 0.5) is 0 Å². The maximum absolute atomic E-state index is 2.31. The van der Waals surface area contributed by atoms with Gasteiger partial charge in [-0.05, 0) is 58.0 Å². The van der Waals surface area contributed by atoms with E-state index in [0.717, 1.165) is 0 Å². The van der Waals surface area contributed by atoms with Crippen LogP contribution in [0.2, 0.25) is 0 Å². The zero-order chi connectivity index (χ0) is 16.5. The summed E-state index contributed by atoms with van der Waals surface area (Å²) in [6.07, 6.45) is 0. The van der Waals surface area contributed by atoms with Crippen molar-refractivity contribution < 1.29 is 0 Å². The summed E-state index contributed by atoms with van der Waals surface area (Å²) in [5, 5.41) is 2.65. The van der Waals surface area contributed by atoms with Crippen LogP contribution in [-0.4, -0.2) is 0 Å². The van der Waals surface area contributed by atoms with Gasteiger partial charge in [-0.2, -0.15) is 0 Å². The molecular formula is C24H20. The molecule has 4 rings (SSSR count). The first-order valence-corrected chi connectivity index (χ1v) is 8.38. The Morgan fingerprint density at radius 2 is 0.833 bits per heavy atom. The van der Waals surface area contributed by atoms with Crippen LogP contribution in [-0.2, 0) is 0 Å². The maximum atomic E-state index is 2.31. The van der Waals surface area contributed by atoms with E-state index in [9.17, 15) is 0 Å². The van der Waals surface area contributed by atoms with E-state index in [0.29, 0.717) is 0 Å². The Hall–Kier alpha value is -2.86. The molecule has 0 aliphatic carbocycles. The predicted octanol–water partition coefficient (Wildman–Crippen LogP) is 6.79. The van der Waals surface area contributed by atoms with Crippen molar-refractivity contribution in [3.05, 3.63) is 96.1 Å². The third-order valence-corrected chi connectivity index (χ3v) is 4.53. The second kappa shape index (κ2) is 5.98. The quantitative estimate of drug-likeness (QED) is 0.382. The molecule has 0 radical (unpaired) electrons. The average molecular weight is 308 g/mol. The van der Waals surface area contributed by atoms with Crippen molar-refractivity contribution in [3.8, 4) is 22.3 Å². The lowest BCUT2D eigenvalue weighted by atomic mass is 9.90. The molecule has 0 atom stereocenters. The molecule has 0 saturated carbocycles. The molecule has 0 nitrogen and oxygen atoms in total. The summed E-state index contributed by atoms with van der Waals surface area (Å²) in [7, 11) is 0. The minimum absolute atomic E-state index is 1.27. The molecule has 4 aromatic carbocycles. The Kier molecular flexibility index (Phi) is 3.66. The van der Waals surface area contributed by atoms with Crippen LogP contribution in [0.5, 0.6) is 0 Å². The van der Waals surface area contributed by atoms with E-state index in [-0.39, 0.29) is 0 Å². The molecule has 0 fully saturated rings. The third-order valence-electron chi connectivity index (χ3n) is 4.53. The molecule has 0 unspecified atom stereocenters. The second-order valence-corrected chi connectivity index (χ2v) is 6.45. The molecule has 0 spiro atoms. The van der Waals surface area contributed by atoms with Crippen LogP contribution < -0.4 is 0 Å². The number of aryl methyl sites for hydroxylation is 2. The fourth-order valence-corrected chi connectivity index (χ4v) is 3.46. The minimum atomic E-state index is 1.27. The first kappa shape index (κ1) is 14.7. The van der Waals surface area contributed by atoms with E-state index in [1.165, 1.54) is 44.2 Å². The summed E-state index contributed by atoms with van der Waals surface area (Å²) in [6.45, 7) is 4.36. The van der Waals surface area contributed by atoms with Crippen molar-refractivity contribution in [1.82, 2.24) is 0 Å². The molecule has 0 saturated heterocycles. The van der Waals surface area contributed by atoms with Gasteiger partial charge in [-0.25, -0.2) is 0 Å². The highest BCUT2D eigenvalue weighted by molar-refractivity contribution is 6.05. The van der Waals surface area contributed by atoms with Gasteiger partial charge < -0.3 is 0 Å². The van der Waals surface area contributed by atoms with Crippen LogP contribution in [0.1, 0.15) is 11.1 Å². The van der Waals surface area contributed by atoms with Crippen molar-refractivity contribution in [3.63, 3.8) is 0 Å². The van der Waals surface area contributed by atoms with Gasteiger partial charge in [0.25, 0.3) is 0 Å². The van der Waals surface area contributed by atoms with Gasteiger partial charge in [0, 0.05) is 0 Å². The van der Waals surface area contributed by atoms with Crippen LogP contribution in [0, 0.1) is 13.8 Å². The van der Waals surface area contributed by atoms with Crippen molar-refractivity contribution in [2.45, 2.75) is 13.8 Å². The van der Waals surface area contributed by atoms with Gasteiger partial charge in [-0.1, -0.05) is 84.9 Å². The molecule has 4 aromatic rings. The highest BCUT2D eigenvalue weighted by Gasteiger charge is 2.10. The topological polar surface area (TPSA) is 0 Å². The number of fused-ring (bicyclic) bond motifs is 1. The van der Waals surface area contributed by atoms with Gasteiger partial charge in [0.1, 0.15) is 0 Å². The molecule has 0 aromatic heterocycles. The molecule has 0 heteroatoms. The minimum Gasteiger partial charge on any atom is -0.0622 e. The Labute approximate surface area is 143 Å². The number of benzene rings is 4. The lowest BCUT2D eigenvalue weighted by Gasteiger charge is -2.14. The zero-order valence-corrected chi connectivity index (χ0v) is 14.1. The molecule has 0 heterocycles. The highest BCUT2D eigenvalue weighted by atomic mass is 14.1. The number of rotatable bonds is 2. The first-order chi connectivity index (χ1) is 11.7. The highest BCUT2D eigenvalue weighted by Crippen LogP contribution is 2.36. The summed E-state index contributed by atoms with van der Waals surface area (Å²) in [6, 6.07) is 30.6. The molecule has 24 heavy (non-hydrogen) atoms. The third kappa shape index (κ3) is 2.61. The van der Waals surface area contributed by atoms with Gasteiger partial charge >= 0.3 is 0 Å². The molecular weight excluding hydrogens is 288 g/mol. The van der Waals surface area contributed by atoms with E-state index in [2.05, 4.69) is 98.8 Å².